The molecule has 2 aromatic carbocycles. The number of halogens is 7. The van der Waals surface area contributed by atoms with E-state index in [4.69, 9.17) is 0 Å². The van der Waals surface area contributed by atoms with Crippen LogP contribution in [0.1, 0.15) is 33.5 Å². The summed E-state index contributed by atoms with van der Waals surface area (Å²) in [6.45, 7) is 1.32. The summed E-state index contributed by atoms with van der Waals surface area (Å²) in [6.07, 6.45) is -10.7. The standard InChI is InChI=1S/C20H13BrF6N2O3/c1-10-28-16(19(22,23)24)9-29(10)15-7-4-12(21)8-14(15)18(31)17(30)11-2-5-13(6-3-11)32-20(25,26)27/h2-9,17,30H,1H3. The molecule has 0 saturated heterocycles. The van der Waals surface area contributed by atoms with Gasteiger partial charge in [-0.05, 0) is 42.8 Å². The number of aliphatic hydroxyl groups is 1. The van der Waals surface area contributed by atoms with Gasteiger partial charge in [-0.1, -0.05) is 28.1 Å². The molecule has 12 heteroatoms. The molecule has 0 saturated carbocycles. The normalized spacial score (nSPS) is 13.2. The van der Waals surface area contributed by atoms with Crippen LogP contribution in [0.4, 0.5) is 26.3 Å². The van der Waals surface area contributed by atoms with E-state index in [0.717, 1.165) is 35.0 Å². The molecule has 1 aromatic heterocycles. The predicted octanol–water partition coefficient (Wildman–Crippen LogP) is 5.78. The number of ether oxygens (including phenoxy) is 1. The van der Waals surface area contributed by atoms with Gasteiger partial charge in [-0.25, -0.2) is 4.98 Å². The van der Waals surface area contributed by atoms with Crippen molar-refractivity contribution in [1.29, 1.82) is 0 Å². The number of imidazole rings is 1. The summed E-state index contributed by atoms with van der Waals surface area (Å²) < 4.78 is 81.2. The van der Waals surface area contributed by atoms with Crippen LogP contribution < -0.4 is 4.74 Å². The van der Waals surface area contributed by atoms with Crippen molar-refractivity contribution in [1.82, 2.24) is 9.55 Å². The molecule has 0 bridgehead atoms. The molecule has 0 aliphatic heterocycles. The van der Waals surface area contributed by atoms with E-state index in [0.29, 0.717) is 4.47 Å². The highest BCUT2D eigenvalue weighted by Crippen LogP contribution is 2.32. The smallest absolute Gasteiger partial charge is 0.406 e. The number of ketones is 1. The summed E-state index contributed by atoms with van der Waals surface area (Å²) >= 11 is 3.17. The van der Waals surface area contributed by atoms with Gasteiger partial charge in [0.25, 0.3) is 0 Å². The van der Waals surface area contributed by atoms with Crippen molar-refractivity contribution in [3.05, 3.63) is 75.8 Å². The SMILES string of the molecule is Cc1nc(C(F)(F)F)cn1-c1ccc(Br)cc1C(=O)C(O)c1ccc(OC(F)(F)F)cc1. The molecule has 0 aliphatic rings. The second kappa shape index (κ2) is 8.58. The van der Waals surface area contributed by atoms with Crippen molar-refractivity contribution < 1.29 is 41.0 Å². The maximum absolute atomic E-state index is 13.0. The van der Waals surface area contributed by atoms with Crippen LogP contribution in [0.2, 0.25) is 0 Å². The van der Waals surface area contributed by atoms with E-state index in [-0.39, 0.29) is 22.6 Å². The first kappa shape index (κ1) is 23.8. The fraction of sp³-hybridized carbons (Fsp3) is 0.200. The summed E-state index contributed by atoms with van der Waals surface area (Å²) in [5.74, 6) is -1.47. The Kier molecular flexibility index (Phi) is 6.38. The Balaban J connectivity index is 1.97. The molecule has 3 aromatic rings. The molecule has 5 nitrogen and oxygen atoms in total. The molecule has 0 fully saturated rings. The average Bonchev–Trinajstić information content (AvgIpc) is 3.08. The Morgan fingerprint density at radius 2 is 1.72 bits per heavy atom. The number of aromatic nitrogens is 2. The van der Waals surface area contributed by atoms with Crippen molar-refractivity contribution in [2.24, 2.45) is 0 Å². The topological polar surface area (TPSA) is 64.4 Å². The second-order valence-corrected chi connectivity index (χ2v) is 7.50. The number of rotatable bonds is 5. The van der Waals surface area contributed by atoms with Gasteiger partial charge in [0.1, 0.15) is 17.7 Å². The molecule has 1 unspecified atom stereocenters. The number of aryl methyl sites for hydroxylation is 1. The first-order valence-electron chi connectivity index (χ1n) is 8.77. The summed E-state index contributed by atoms with van der Waals surface area (Å²) in [4.78, 5) is 16.5. The molecule has 3 rings (SSSR count). The van der Waals surface area contributed by atoms with Crippen molar-refractivity contribution >= 4 is 21.7 Å². The number of carbonyl (C=O) groups is 1. The van der Waals surface area contributed by atoms with E-state index < -0.39 is 35.9 Å². The Morgan fingerprint density at radius 3 is 2.25 bits per heavy atom. The van der Waals surface area contributed by atoms with Gasteiger partial charge in [-0.2, -0.15) is 13.2 Å². The molecule has 32 heavy (non-hydrogen) atoms. The number of benzene rings is 2. The average molecular weight is 523 g/mol. The largest absolute Gasteiger partial charge is 0.573 e. The van der Waals surface area contributed by atoms with Crippen LogP contribution in [0.5, 0.6) is 5.75 Å². The van der Waals surface area contributed by atoms with E-state index in [2.05, 4.69) is 25.7 Å². The molecule has 0 aliphatic carbocycles. The summed E-state index contributed by atoms with van der Waals surface area (Å²) in [5, 5.41) is 10.5. The van der Waals surface area contributed by atoms with Crippen LogP contribution in [0.15, 0.2) is 53.1 Å². The van der Waals surface area contributed by atoms with Crippen LogP contribution in [-0.4, -0.2) is 26.8 Å². The van der Waals surface area contributed by atoms with Gasteiger partial charge in [0.15, 0.2) is 11.5 Å². The molecule has 0 radical (unpaired) electrons. The number of aliphatic hydroxyl groups excluding tert-OH is 1. The van der Waals surface area contributed by atoms with Crippen LogP contribution >= 0.6 is 15.9 Å². The van der Waals surface area contributed by atoms with Gasteiger partial charge >= 0.3 is 12.5 Å². The van der Waals surface area contributed by atoms with Gasteiger partial charge in [-0.3, -0.25) is 4.79 Å². The van der Waals surface area contributed by atoms with E-state index in [1.54, 1.807) is 0 Å². The van der Waals surface area contributed by atoms with Gasteiger partial charge in [0.2, 0.25) is 0 Å². The van der Waals surface area contributed by atoms with E-state index in [1.165, 1.54) is 25.1 Å². The zero-order valence-electron chi connectivity index (χ0n) is 16.0. The Labute approximate surface area is 185 Å². The summed E-state index contributed by atoms with van der Waals surface area (Å²) in [6, 6.07) is 8.19. The molecule has 1 N–H and O–H groups in total. The minimum absolute atomic E-state index is 0.0335. The van der Waals surface area contributed by atoms with Gasteiger partial charge in [0, 0.05) is 16.2 Å². The Morgan fingerprint density at radius 1 is 1.09 bits per heavy atom. The minimum Gasteiger partial charge on any atom is -0.406 e. The van der Waals surface area contributed by atoms with Crippen LogP contribution in [0, 0.1) is 6.92 Å². The number of carbonyl (C=O) groups excluding carboxylic acids is 1. The van der Waals surface area contributed by atoms with Crippen molar-refractivity contribution in [2.75, 3.05) is 0 Å². The molecule has 0 spiro atoms. The summed E-state index contributed by atoms with van der Waals surface area (Å²) in [7, 11) is 0. The monoisotopic (exact) mass is 522 g/mol. The Hall–Kier alpha value is -2.86. The van der Waals surface area contributed by atoms with Crippen LogP contribution in [0.3, 0.4) is 0 Å². The Bertz CT molecular complexity index is 1140. The molecular formula is C20H13BrF6N2O3. The van der Waals surface area contributed by atoms with E-state index >= 15 is 0 Å². The lowest BCUT2D eigenvalue weighted by atomic mass is 9.98. The molecule has 1 heterocycles. The number of hydrogen-bond acceptors (Lipinski definition) is 4. The second-order valence-electron chi connectivity index (χ2n) is 6.59. The summed E-state index contributed by atoms with van der Waals surface area (Å²) in [5.41, 5.74) is -1.28. The third kappa shape index (κ3) is 5.30. The number of alkyl halides is 6. The van der Waals surface area contributed by atoms with Gasteiger partial charge in [-0.15, -0.1) is 13.2 Å². The fourth-order valence-corrected chi connectivity index (χ4v) is 3.28. The lowest BCUT2D eigenvalue weighted by Crippen LogP contribution is -2.17. The molecule has 170 valence electrons. The lowest BCUT2D eigenvalue weighted by Gasteiger charge is -2.16. The predicted molar refractivity (Wildman–Crippen MR) is 103 cm³/mol. The number of nitrogens with zero attached hydrogens (tertiary/aromatic N) is 2. The maximum Gasteiger partial charge on any atom is 0.573 e. The maximum atomic E-state index is 13.0. The highest BCUT2D eigenvalue weighted by atomic mass is 79.9. The zero-order valence-corrected chi connectivity index (χ0v) is 17.6. The fourth-order valence-electron chi connectivity index (χ4n) is 2.92. The van der Waals surface area contributed by atoms with Gasteiger partial charge in [0.05, 0.1) is 5.69 Å². The first-order valence-corrected chi connectivity index (χ1v) is 9.56. The third-order valence-corrected chi connectivity index (χ3v) is 4.83. The third-order valence-electron chi connectivity index (χ3n) is 4.33. The minimum atomic E-state index is -4.90. The quantitative estimate of drug-likeness (QED) is 0.341. The highest BCUT2D eigenvalue weighted by molar-refractivity contribution is 9.10. The van der Waals surface area contributed by atoms with Crippen molar-refractivity contribution in [3.8, 4) is 11.4 Å². The lowest BCUT2D eigenvalue weighted by molar-refractivity contribution is -0.274. The highest BCUT2D eigenvalue weighted by Gasteiger charge is 2.35. The number of hydrogen-bond donors (Lipinski definition) is 1. The number of Topliss-reactive ketones (excluding diaryl/α,β-unsaturated/α-hetero) is 1. The molecule has 1 atom stereocenters. The van der Waals surface area contributed by atoms with Gasteiger partial charge < -0.3 is 14.4 Å². The molecule has 0 amide bonds. The van der Waals surface area contributed by atoms with Crippen molar-refractivity contribution in [2.45, 2.75) is 25.6 Å². The first-order chi connectivity index (χ1) is 14.8. The van der Waals surface area contributed by atoms with Crippen molar-refractivity contribution in [3.63, 3.8) is 0 Å². The van der Waals surface area contributed by atoms with Crippen LogP contribution in [-0.2, 0) is 6.18 Å². The molecular weight excluding hydrogens is 510 g/mol. The van der Waals surface area contributed by atoms with E-state index in [1.807, 2.05) is 0 Å². The van der Waals surface area contributed by atoms with E-state index in [9.17, 15) is 36.2 Å². The van der Waals surface area contributed by atoms with Crippen LogP contribution in [0.25, 0.3) is 5.69 Å². The zero-order chi connectivity index (χ0) is 23.8.